The molecule has 8 nitrogen and oxygen atoms in total. The van der Waals surface area contributed by atoms with E-state index in [-0.39, 0.29) is 11.8 Å². The highest BCUT2D eigenvalue weighted by Gasteiger charge is 2.44. The molecular weight excluding hydrogens is 418 g/mol. The van der Waals surface area contributed by atoms with Crippen molar-refractivity contribution in [2.45, 2.75) is 12.8 Å². The number of rotatable bonds is 7. The van der Waals surface area contributed by atoms with Gasteiger partial charge in [-0.2, -0.15) is 0 Å². The van der Waals surface area contributed by atoms with Crippen molar-refractivity contribution in [3.05, 3.63) is 54.4 Å². The van der Waals surface area contributed by atoms with Crippen LogP contribution < -0.4 is 5.32 Å². The maximum Gasteiger partial charge on any atom is 0.237 e. The quantitative estimate of drug-likeness (QED) is 0.694. The van der Waals surface area contributed by atoms with E-state index in [0.29, 0.717) is 45.0 Å². The highest BCUT2D eigenvalue weighted by atomic mass is 16.5. The van der Waals surface area contributed by atoms with Crippen LogP contribution in [-0.4, -0.2) is 85.1 Å². The number of ether oxygens (including phenoxy) is 1. The van der Waals surface area contributed by atoms with Crippen LogP contribution in [0.15, 0.2) is 48.8 Å². The summed E-state index contributed by atoms with van der Waals surface area (Å²) in [6.07, 6.45) is 7.13. The molecule has 0 radical (unpaired) electrons. The molecule has 0 aliphatic carbocycles. The number of carbonyl (C=O) groups is 2. The number of amides is 2. The SMILES string of the molecule is CNC(=O)C1(COC)CCN(CC(=O)N2CC=C(c3ccc(-c4ncccn4)cc3)CC2)C1. The van der Waals surface area contributed by atoms with Gasteiger partial charge in [0.15, 0.2) is 5.82 Å². The summed E-state index contributed by atoms with van der Waals surface area (Å²) in [6.45, 7) is 3.25. The highest BCUT2D eigenvalue weighted by molar-refractivity contribution is 5.84. The van der Waals surface area contributed by atoms with Gasteiger partial charge in [0, 0.05) is 51.7 Å². The molecule has 2 aliphatic rings. The standard InChI is InChI=1S/C25H31N5O3/c1-26-24(32)25(18-33-2)10-15-29(17-25)16-22(31)30-13-8-20(9-14-30)19-4-6-21(7-5-19)23-27-11-3-12-28-23/h3-8,11-12H,9-10,13-18H2,1-2H3,(H,26,32). The number of hydrogen-bond donors (Lipinski definition) is 1. The summed E-state index contributed by atoms with van der Waals surface area (Å²) >= 11 is 0. The van der Waals surface area contributed by atoms with Crippen LogP contribution in [-0.2, 0) is 14.3 Å². The third-order valence-electron chi connectivity index (χ3n) is 6.56. The fourth-order valence-electron chi connectivity index (χ4n) is 4.73. The monoisotopic (exact) mass is 449 g/mol. The van der Waals surface area contributed by atoms with Gasteiger partial charge in [0.05, 0.1) is 18.6 Å². The van der Waals surface area contributed by atoms with E-state index in [2.05, 4.69) is 38.4 Å². The number of likely N-dealkylation sites (tertiary alicyclic amines) is 1. The second kappa shape index (κ2) is 10.2. The molecule has 2 amide bonds. The van der Waals surface area contributed by atoms with Crippen LogP contribution in [0.2, 0.25) is 0 Å². The smallest absolute Gasteiger partial charge is 0.237 e. The first kappa shape index (κ1) is 23.1. The zero-order chi connectivity index (χ0) is 23.3. The molecule has 1 atom stereocenters. The van der Waals surface area contributed by atoms with Crippen molar-refractivity contribution < 1.29 is 14.3 Å². The van der Waals surface area contributed by atoms with Gasteiger partial charge in [-0.15, -0.1) is 0 Å². The summed E-state index contributed by atoms with van der Waals surface area (Å²) < 4.78 is 5.31. The van der Waals surface area contributed by atoms with E-state index >= 15 is 0 Å². The Balaban J connectivity index is 1.33. The molecule has 3 heterocycles. The van der Waals surface area contributed by atoms with Gasteiger partial charge in [0.2, 0.25) is 11.8 Å². The first-order chi connectivity index (χ1) is 16.0. The Bertz CT molecular complexity index is 1010. The predicted octanol–water partition coefficient (Wildman–Crippen LogP) is 1.84. The topological polar surface area (TPSA) is 87.7 Å². The number of aromatic nitrogens is 2. The summed E-state index contributed by atoms with van der Waals surface area (Å²) in [5.41, 5.74) is 2.82. The van der Waals surface area contributed by atoms with Crippen LogP contribution in [0.25, 0.3) is 17.0 Å². The molecule has 33 heavy (non-hydrogen) atoms. The zero-order valence-corrected chi connectivity index (χ0v) is 19.3. The van der Waals surface area contributed by atoms with Gasteiger partial charge in [-0.05, 0) is 36.6 Å². The normalized spacial score (nSPS) is 21.0. The molecule has 4 rings (SSSR count). The summed E-state index contributed by atoms with van der Waals surface area (Å²) in [6, 6.07) is 10.1. The molecule has 1 aromatic carbocycles. The van der Waals surface area contributed by atoms with E-state index in [9.17, 15) is 9.59 Å². The van der Waals surface area contributed by atoms with E-state index in [0.717, 1.165) is 24.1 Å². The Morgan fingerprint density at radius 1 is 1.12 bits per heavy atom. The fraction of sp³-hybridized carbons (Fsp3) is 0.440. The molecule has 2 aromatic rings. The van der Waals surface area contributed by atoms with Crippen molar-refractivity contribution in [1.29, 1.82) is 0 Å². The third-order valence-corrected chi connectivity index (χ3v) is 6.56. The van der Waals surface area contributed by atoms with E-state index in [4.69, 9.17) is 4.74 Å². The zero-order valence-electron chi connectivity index (χ0n) is 19.3. The molecule has 1 fully saturated rings. The maximum atomic E-state index is 12.9. The Morgan fingerprint density at radius 3 is 2.48 bits per heavy atom. The number of benzene rings is 1. The van der Waals surface area contributed by atoms with E-state index in [1.165, 1.54) is 5.57 Å². The number of carbonyl (C=O) groups excluding carboxylic acids is 2. The van der Waals surface area contributed by atoms with Crippen molar-refractivity contribution in [3.8, 4) is 11.4 Å². The van der Waals surface area contributed by atoms with Crippen LogP contribution in [0.4, 0.5) is 0 Å². The molecule has 174 valence electrons. The molecule has 1 aromatic heterocycles. The van der Waals surface area contributed by atoms with Crippen molar-refractivity contribution in [2.75, 3.05) is 53.5 Å². The number of nitrogens with one attached hydrogen (secondary N) is 1. The van der Waals surface area contributed by atoms with Gasteiger partial charge in [-0.1, -0.05) is 30.3 Å². The van der Waals surface area contributed by atoms with Gasteiger partial charge >= 0.3 is 0 Å². The van der Waals surface area contributed by atoms with Crippen LogP contribution in [0.1, 0.15) is 18.4 Å². The summed E-state index contributed by atoms with van der Waals surface area (Å²) in [5, 5.41) is 2.75. The lowest BCUT2D eigenvalue weighted by molar-refractivity contribution is -0.135. The fourth-order valence-corrected chi connectivity index (χ4v) is 4.73. The Morgan fingerprint density at radius 2 is 1.85 bits per heavy atom. The van der Waals surface area contributed by atoms with Crippen LogP contribution in [0.3, 0.4) is 0 Å². The van der Waals surface area contributed by atoms with E-state index < -0.39 is 5.41 Å². The molecule has 8 heteroatoms. The first-order valence-corrected chi connectivity index (χ1v) is 11.3. The average Bonchev–Trinajstić information content (AvgIpc) is 3.28. The lowest BCUT2D eigenvalue weighted by Gasteiger charge is -2.30. The minimum Gasteiger partial charge on any atom is -0.384 e. The molecule has 1 unspecified atom stereocenters. The Kier molecular flexibility index (Phi) is 7.15. The summed E-state index contributed by atoms with van der Waals surface area (Å²) in [7, 11) is 3.26. The van der Waals surface area contributed by atoms with Crippen molar-refractivity contribution in [1.82, 2.24) is 25.1 Å². The lowest BCUT2D eigenvalue weighted by atomic mass is 9.87. The van der Waals surface area contributed by atoms with Gasteiger partial charge in [0.25, 0.3) is 0 Å². The minimum atomic E-state index is -0.574. The first-order valence-electron chi connectivity index (χ1n) is 11.3. The van der Waals surface area contributed by atoms with Gasteiger partial charge < -0.3 is 15.0 Å². The van der Waals surface area contributed by atoms with Crippen LogP contribution in [0.5, 0.6) is 0 Å². The second-order valence-electron chi connectivity index (χ2n) is 8.72. The molecule has 1 N–H and O–H groups in total. The van der Waals surface area contributed by atoms with E-state index in [1.54, 1.807) is 32.6 Å². The van der Waals surface area contributed by atoms with Crippen LogP contribution in [0, 0.1) is 5.41 Å². The van der Waals surface area contributed by atoms with Crippen molar-refractivity contribution >= 4 is 17.4 Å². The molecule has 0 bridgehead atoms. The van der Waals surface area contributed by atoms with E-state index in [1.807, 2.05) is 17.0 Å². The van der Waals surface area contributed by atoms with Gasteiger partial charge in [-0.3, -0.25) is 14.5 Å². The molecule has 1 saturated heterocycles. The maximum absolute atomic E-state index is 12.9. The number of nitrogens with zero attached hydrogens (tertiary/aromatic N) is 4. The van der Waals surface area contributed by atoms with Gasteiger partial charge in [-0.25, -0.2) is 9.97 Å². The second-order valence-corrected chi connectivity index (χ2v) is 8.72. The molecular formula is C25H31N5O3. The minimum absolute atomic E-state index is 0.0188. The predicted molar refractivity (Wildman–Crippen MR) is 126 cm³/mol. The molecule has 2 aliphatic heterocycles. The lowest BCUT2D eigenvalue weighted by Crippen LogP contribution is -2.46. The number of methoxy groups -OCH3 is 1. The Labute approximate surface area is 194 Å². The van der Waals surface area contributed by atoms with Gasteiger partial charge in [0.1, 0.15) is 0 Å². The average molecular weight is 450 g/mol. The molecule has 0 spiro atoms. The highest BCUT2D eigenvalue weighted by Crippen LogP contribution is 2.31. The Hall–Kier alpha value is -3.10. The van der Waals surface area contributed by atoms with Crippen LogP contribution >= 0.6 is 0 Å². The third kappa shape index (κ3) is 5.12. The number of hydrogen-bond acceptors (Lipinski definition) is 6. The van der Waals surface area contributed by atoms with Crippen molar-refractivity contribution in [3.63, 3.8) is 0 Å². The summed E-state index contributed by atoms with van der Waals surface area (Å²) in [5.74, 6) is 0.799. The van der Waals surface area contributed by atoms with Crippen molar-refractivity contribution in [2.24, 2.45) is 5.41 Å². The largest absolute Gasteiger partial charge is 0.384 e. The summed E-state index contributed by atoms with van der Waals surface area (Å²) in [4.78, 5) is 37.9. The molecule has 0 saturated carbocycles.